The summed E-state index contributed by atoms with van der Waals surface area (Å²) in [5.41, 5.74) is 0.316. The molecular formula is C19H27N5O2S. The first kappa shape index (κ1) is 18.4. The lowest BCUT2D eigenvalue weighted by molar-refractivity contribution is -0.122. The largest absolute Gasteiger partial charge is 0.352 e. The molecule has 0 radical (unpaired) electrons. The molecule has 2 aliphatic rings. The van der Waals surface area contributed by atoms with Gasteiger partial charge < -0.3 is 10.2 Å². The van der Waals surface area contributed by atoms with Crippen LogP contribution in [0.3, 0.4) is 0 Å². The van der Waals surface area contributed by atoms with Crippen molar-refractivity contribution in [3.8, 4) is 0 Å². The van der Waals surface area contributed by atoms with Crippen LogP contribution >= 0.6 is 11.3 Å². The smallest absolute Gasteiger partial charge is 0.273 e. The molecule has 146 valence electrons. The Hall–Kier alpha value is -1.96. The molecule has 3 heterocycles. The van der Waals surface area contributed by atoms with Gasteiger partial charge in [-0.15, -0.1) is 0 Å². The molecule has 2 aromatic rings. The van der Waals surface area contributed by atoms with Gasteiger partial charge in [0, 0.05) is 19.1 Å². The van der Waals surface area contributed by atoms with Gasteiger partial charge in [0.25, 0.3) is 5.56 Å². The average molecular weight is 390 g/mol. The predicted octanol–water partition coefficient (Wildman–Crippen LogP) is 2.54. The van der Waals surface area contributed by atoms with Crippen LogP contribution in [-0.2, 0) is 11.3 Å². The van der Waals surface area contributed by atoms with E-state index in [9.17, 15) is 9.59 Å². The van der Waals surface area contributed by atoms with Crippen molar-refractivity contribution in [1.29, 1.82) is 0 Å². The third kappa shape index (κ3) is 4.15. The van der Waals surface area contributed by atoms with Crippen LogP contribution in [0.15, 0.2) is 11.1 Å². The molecule has 1 saturated carbocycles. The third-order valence-electron chi connectivity index (χ3n) is 5.69. The Bertz CT molecular complexity index is 863. The van der Waals surface area contributed by atoms with E-state index in [0.29, 0.717) is 10.3 Å². The second kappa shape index (κ2) is 7.96. The Kier molecular flexibility index (Phi) is 5.43. The second-order valence-electron chi connectivity index (χ2n) is 7.90. The van der Waals surface area contributed by atoms with Gasteiger partial charge in [0.2, 0.25) is 5.91 Å². The number of amides is 1. The number of thiazole rings is 1. The zero-order chi connectivity index (χ0) is 18.8. The number of rotatable bonds is 4. The fourth-order valence-corrected chi connectivity index (χ4v) is 5.02. The van der Waals surface area contributed by atoms with E-state index in [1.807, 2.05) is 0 Å². The number of nitrogens with one attached hydrogen (secondary N) is 1. The van der Waals surface area contributed by atoms with Crippen LogP contribution in [0, 0.1) is 5.92 Å². The van der Waals surface area contributed by atoms with E-state index in [1.54, 1.807) is 0 Å². The van der Waals surface area contributed by atoms with E-state index in [0.717, 1.165) is 62.7 Å². The molecule has 0 unspecified atom stereocenters. The Balaban J connectivity index is 1.46. The minimum Gasteiger partial charge on any atom is -0.352 e. The molecule has 4 rings (SSSR count). The first-order chi connectivity index (χ1) is 13.1. The van der Waals surface area contributed by atoms with Crippen LogP contribution in [0.1, 0.15) is 51.9 Å². The number of anilines is 1. The van der Waals surface area contributed by atoms with E-state index in [4.69, 9.17) is 0 Å². The zero-order valence-electron chi connectivity index (χ0n) is 15.8. The fraction of sp³-hybridized carbons (Fsp3) is 0.684. The van der Waals surface area contributed by atoms with Gasteiger partial charge in [-0.1, -0.05) is 18.3 Å². The Morgan fingerprint density at radius 2 is 1.96 bits per heavy atom. The van der Waals surface area contributed by atoms with Crippen LogP contribution in [0.5, 0.6) is 0 Å². The number of fused-ring (bicyclic) bond motifs is 1. The van der Waals surface area contributed by atoms with Crippen molar-refractivity contribution in [2.24, 2.45) is 5.92 Å². The summed E-state index contributed by atoms with van der Waals surface area (Å²) in [5, 5.41) is 3.94. The molecule has 1 amide bonds. The van der Waals surface area contributed by atoms with E-state index in [-0.39, 0.29) is 24.1 Å². The van der Waals surface area contributed by atoms with Crippen molar-refractivity contribution in [3.63, 3.8) is 0 Å². The maximum absolute atomic E-state index is 12.8. The predicted molar refractivity (Wildman–Crippen MR) is 107 cm³/mol. The van der Waals surface area contributed by atoms with Crippen LogP contribution in [0.25, 0.3) is 10.3 Å². The summed E-state index contributed by atoms with van der Waals surface area (Å²) >= 11 is 1.39. The molecule has 1 saturated heterocycles. The molecule has 1 aliphatic heterocycles. The number of hydrogen-bond acceptors (Lipinski definition) is 6. The SMILES string of the molecule is CC1CCC(NC(=O)Cn2cnc3nc(N4CCCCC4)sc3c2=O)CC1. The topological polar surface area (TPSA) is 80.1 Å². The lowest BCUT2D eigenvalue weighted by Gasteiger charge is -2.26. The lowest BCUT2D eigenvalue weighted by Crippen LogP contribution is -2.40. The fourth-order valence-electron chi connectivity index (χ4n) is 4.00. The number of carbonyl (C=O) groups excluding carboxylic acids is 1. The summed E-state index contributed by atoms with van der Waals surface area (Å²) in [5.74, 6) is 0.631. The molecule has 7 nitrogen and oxygen atoms in total. The van der Waals surface area contributed by atoms with Crippen molar-refractivity contribution >= 4 is 32.7 Å². The summed E-state index contributed by atoms with van der Waals surface area (Å²) in [7, 11) is 0. The second-order valence-corrected chi connectivity index (χ2v) is 8.88. The summed E-state index contributed by atoms with van der Waals surface area (Å²) in [4.78, 5) is 36.3. The number of hydrogen-bond donors (Lipinski definition) is 1. The van der Waals surface area contributed by atoms with Crippen molar-refractivity contribution in [1.82, 2.24) is 19.9 Å². The van der Waals surface area contributed by atoms with Crippen molar-refractivity contribution in [3.05, 3.63) is 16.7 Å². The minimum absolute atomic E-state index is 0.0186. The quantitative estimate of drug-likeness (QED) is 0.869. The summed E-state index contributed by atoms with van der Waals surface area (Å²) in [6.07, 6.45) is 9.37. The summed E-state index contributed by atoms with van der Waals surface area (Å²) in [6.45, 7) is 4.24. The third-order valence-corrected chi connectivity index (χ3v) is 6.79. The first-order valence-electron chi connectivity index (χ1n) is 10.0. The van der Waals surface area contributed by atoms with E-state index in [1.165, 1.54) is 28.7 Å². The summed E-state index contributed by atoms with van der Waals surface area (Å²) in [6, 6.07) is 0.232. The van der Waals surface area contributed by atoms with E-state index >= 15 is 0 Å². The van der Waals surface area contributed by atoms with Crippen molar-refractivity contribution < 1.29 is 4.79 Å². The van der Waals surface area contributed by atoms with Gasteiger partial charge in [-0.2, -0.15) is 4.98 Å². The maximum atomic E-state index is 12.8. The monoisotopic (exact) mass is 389 g/mol. The number of nitrogens with zero attached hydrogens (tertiary/aromatic N) is 4. The van der Waals surface area contributed by atoms with Gasteiger partial charge in [-0.05, 0) is 50.9 Å². The van der Waals surface area contributed by atoms with Gasteiger partial charge in [0.05, 0.1) is 0 Å². The highest BCUT2D eigenvalue weighted by atomic mass is 32.1. The molecule has 27 heavy (non-hydrogen) atoms. The van der Waals surface area contributed by atoms with Gasteiger partial charge in [0.1, 0.15) is 17.6 Å². The van der Waals surface area contributed by atoms with Crippen LogP contribution < -0.4 is 15.8 Å². The van der Waals surface area contributed by atoms with Gasteiger partial charge in [-0.3, -0.25) is 14.2 Å². The molecule has 8 heteroatoms. The van der Waals surface area contributed by atoms with Gasteiger partial charge in [-0.25, -0.2) is 4.98 Å². The number of carbonyl (C=O) groups is 1. The molecule has 2 fully saturated rings. The van der Waals surface area contributed by atoms with Crippen molar-refractivity contribution in [2.75, 3.05) is 18.0 Å². The van der Waals surface area contributed by atoms with Gasteiger partial charge in [0.15, 0.2) is 10.8 Å². The lowest BCUT2D eigenvalue weighted by atomic mass is 9.87. The van der Waals surface area contributed by atoms with Crippen LogP contribution in [0.4, 0.5) is 5.13 Å². The highest BCUT2D eigenvalue weighted by molar-refractivity contribution is 7.22. The average Bonchev–Trinajstić information content (AvgIpc) is 3.12. The molecule has 1 N–H and O–H groups in total. The first-order valence-corrected chi connectivity index (χ1v) is 10.8. The van der Waals surface area contributed by atoms with Crippen LogP contribution in [0.2, 0.25) is 0 Å². The minimum atomic E-state index is -0.173. The highest BCUT2D eigenvalue weighted by Crippen LogP contribution is 2.27. The van der Waals surface area contributed by atoms with E-state index in [2.05, 4.69) is 27.1 Å². The molecule has 0 aromatic carbocycles. The number of aromatic nitrogens is 3. The highest BCUT2D eigenvalue weighted by Gasteiger charge is 2.21. The van der Waals surface area contributed by atoms with Gasteiger partial charge >= 0.3 is 0 Å². The Morgan fingerprint density at radius 3 is 2.70 bits per heavy atom. The van der Waals surface area contributed by atoms with Crippen LogP contribution in [-0.4, -0.2) is 39.6 Å². The Labute approximate surface area is 162 Å². The molecule has 1 aliphatic carbocycles. The number of piperidine rings is 1. The molecule has 2 aromatic heterocycles. The molecule has 0 spiro atoms. The normalized spacial score (nSPS) is 23.5. The standard InChI is InChI=1S/C19H27N5O2S/c1-13-5-7-14(8-6-13)21-15(25)11-24-12-20-17-16(18(24)26)27-19(22-17)23-9-3-2-4-10-23/h12-14H,2-11H2,1H3,(H,21,25). The van der Waals surface area contributed by atoms with Crippen molar-refractivity contribution in [2.45, 2.75) is 64.5 Å². The molecule has 0 bridgehead atoms. The molecule has 0 atom stereocenters. The Morgan fingerprint density at radius 1 is 1.22 bits per heavy atom. The van der Waals surface area contributed by atoms with E-state index < -0.39 is 0 Å². The maximum Gasteiger partial charge on any atom is 0.273 e. The summed E-state index contributed by atoms with van der Waals surface area (Å²) < 4.78 is 1.94. The zero-order valence-corrected chi connectivity index (χ0v) is 16.6. The molecular weight excluding hydrogens is 362 g/mol.